The highest BCUT2D eigenvalue weighted by Crippen LogP contribution is 2.45. The molecule has 1 unspecified atom stereocenters. The van der Waals surface area contributed by atoms with Crippen molar-refractivity contribution >= 4 is 29.0 Å². The summed E-state index contributed by atoms with van der Waals surface area (Å²) in [5, 5.41) is 0. The quantitative estimate of drug-likeness (QED) is 0.355. The van der Waals surface area contributed by atoms with Crippen molar-refractivity contribution in [3.63, 3.8) is 0 Å². The lowest BCUT2D eigenvalue weighted by atomic mass is 9.84. The largest absolute Gasteiger partial charge is 0.456 e. The van der Waals surface area contributed by atoms with Crippen molar-refractivity contribution in [2.45, 2.75) is 40.2 Å². The molecule has 4 aliphatic rings. The van der Waals surface area contributed by atoms with Crippen LogP contribution in [0.2, 0.25) is 0 Å². The van der Waals surface area contributed by atoms with Crippen LogP contribution in [0.25, 0.3) is 5.57 Å². The molecule has 3 heterocycles. The van der Waals surface area contributed by atoms with Crippen molar-refractivity contribution in [2.24, 2.45) is 0 Å². The number of hydrogen-bond donors (Lipinski definition) is 1. The van der Waals surface area contributed by atoms with Crippen LogP contribution < -0.4 is 14.5 Å². The summed E-state index contributed by atoms with van der Waals surface area (Å²) in [7, 11) is 0. The molecule has 0 saturated carbocycles. The van der Waals surface area contributed by atoms with E-state index in [4.69, 9.17) is 4.74 Å². The zero-order valence-corrected chi connectivity index (χ0v) is 28.7. The number of carbonyl (C=O) groups excluding carboxylic acids is 3. The van der Waals surface area contributed by atoms with Crippen LogP contribution in [0.3, 0.4) is 0 Å². The molecule has 9 nitrogen and oxygen atoms in total. The van der Waals surface area contributed by atoms with Crippen LogP contribution in [0.15, 0.2) is 84.2 Å². The third-order valence-electron chi connectivity index (χ3n) is 10.1. The van der Waals surface area contributed by atoms with E-state index in [0.717, 1.165) is 91.7 Å². The van der Waals surface area contributed by atoms with Gasteiger partial charge in [0.1, 0.15) is 11.5 Å². The topological polar surface area (TPSA) is 77.8 Å². The number of carbonyl (C=O) groups is 3. The highest BCUT2D eigenvalue weighted by atomic mass is 16.5. The van der Waals surface area contributed by atoms with Gasteiger partial charge in [-0.15, -0.1) is 0 Å². The average molecular weight is 651 g/mol. The lowest BCUT2D eigenvalue weighted by molar-refractivity contribution is -0.904. The monoisotopic (exact) mass is 650 g/mol. The first-order chi connectivity index (χ1) is 23.4. The number of likely N-dealkylation sites (N-methyl/N-ethyl adjacent to an activating group) is 1. The van der Waals surface area contributed by atoms with Gasteiger partial charge in [-0.3, -0.25) is 24.2 Å². The fourth-order valence-electron chi connectivity index (χ4n) is 7.36. The molecule has 2 aromatic carbocycles. The number of imide groups is 1. The zero-order chi connectivity index (χ0) is 33.8. The number of rotatable bonds is 12. The molecule has 1 aliphatic carbocycles. The number of allylic oxidation sites excluding steroid dienone is 1. The van der Waals surface area contributed by atoms with Crippen molar-refractivity contribution in [3.8, 4) is 5.75 Å². The maximum Gasteiger partial charge on any atom is 0.254 e. The van der Waals surface area contributed by atoms with E-state index in [1.807, 2.05) is 23.1 Å². The molecule has 1 saturated heterocycles. The van der Waals surface area contributed by atoms with Gasteiger partial charge in [-0.25, -0.2) is 0 Å². The van der Waals surface area contributed by atoms with Crippen molar-refractivity contribution in [2.75, 3.05) is 70.3 Å². The van der Waals surface area contributed by atoms with Crippen molar-refractivity contribution < 1.29 is 24.0 Å². The van der Waals surface area contributed by atoms with Crippen LogP contribution in [-0.4, -0.2) is 104 Å². The smallest absolute Gasteiger partial charge is 0.254 e. The Morgan fingerprint density at radius 2 is 1.60 bits per heavy atom. The van der Waals surface area contributed by atoms with E-state index < -0.39 is 0 Å². The minimum absolute atomic E-state index is 0.0382. The molecule has 48 heavy (non-hydrogen) atoms. The summed E-state index contributed by atoms with van der Waals surface area (Å²) in [6, 6.07) is 14.6. The average Bonchev–Trinajstić information content (AvgIpc) is 3.44. The van der Waals surface area contributed by atoms with Crippen LogP contribution in [0.5, 0.6) is 5.75 Å². The number of piperazine rings is 1. The first-order valence-corrected chi connectivity index (χ1v) is 17.6. The molecule has 6 rings (SSSR count). The standard InChI is InChI=1S/C39H47N5O4/c1-5-41(6-2)28-14-16-32-34(26-28)48-35-27-29(42(7-3)8-4)15-17-33(35)38(32)30-12-9-10-13-31(30)39(47)43-24-22-40(23-25-43)20-11-21-44-36(45)18-19-37(44)46/h9-10,12-19,26-28H,5-8,11,20-25H2,1-4H3/p+1. The van der Waals surface area contributed by atoms with Crippen LogP contribution in [0.4, 0.5) is 5.69 Å². The third-order valence-corrected chi connectivity index (χ3v) is 10.1. The van der Waals surface area contributed by atoms with Gasteiger partial charge in [0.25, 0.3) is 17.7 Å². The van der Waals surface area contributed by atoms with Crippen LogP contribution in [0.1, 0.15) is 55.6 Å². The Hall–Kier alpha value is -4.47. The fraction of sp³-hybridized carbons (Fsp3) is 0.410. The third kappa shape index (κ3) is 6.62. The molecule has 2 aromatic rings. The van der Waals surface area contributed by atoms with Gasteiger partial charge in [0.2, 0.25) is 0 Å². The molecular formula is C39H48N5O4+. The van der Waals surface area contributed by atoms with E-state index in [2.05, 4.69) is 80.0 Å². The van der Waals surface area contributed by atoms with Gasteiger partial charge in [-0.2, -0.15) is 0 Å². The first-order valence-electron chi connectivity index (χ1n) is 17.6. The Morgan fingerprint density at radius 3 is 2.29 bits per heavy atom. The number of hydrogen-bond acceptors (Lipinski definition) is 6. The highest BCUT2D eigenvalue weighted by molar-refractivity contribution is 6.12. The number of anilines is 1. The maximum atomic E-state index is 14.3. The Kier molecular flexibility index (Phi) is 10.3. The van der Waals surface area contributed by atoms with Crippen molar-refractivity contribution in [3.05, 3.63) is 101 Å². The van der Waals surface area contributed by atoms with Gasteiger partial charge in [0.15, 0.2) is 0 Å². The lowest BCUT2D eigenvalue weighted by Gasteiger charge is -2.34. The number of nitrogens with one attached hydrogen (secondary N) is 1. The number of benzene rings is 2. The predicted molar refractivity (Wildman–Crippen MR) is 189 cm³/mol. The van der Waals surface area contributed by atoms with Gasteiger partial charge in [-0.05, 0) is 56.8 Å². The second-order valence-corrected chi connectivity index (χ2v) is 12.7. The summed E-state index contributed by atoms with van der Waals surface area (Å²) in [6.07, 6.45) is 10.1. The molecule has 1 N–H and O–H groups in total. The number of amides is 3. The second-order valence-electron chi connectivity index (χ2n) is 12.7. The molecule has 252 valence electrons. The lowest BCUT2D eigenvalue weighted by Crippen LogP contribution is -3.14. The molecule has 3 amide bonds. The summed E-state index contributed by atoms with van der Waals surface area (Å²) in [4.78, 5) is 47.4. The van der Waals surface area contributed by atoms with E-state index in [-0.39, 0.29) is 23.8 Å². The first kappa shape index (κ1) is 33.4. The van der Waals surface area contributed by atoms with Gasteiger partial charge in [0.05, 0.1) is 38.8 Å². The molecule has 9 heteroatoms. The van der Waals surface area contributed by atoms with E-state index in [1.165, 1.54) is 22.0 Å². The number of quaternary nitrogens is 1. The molecule has 1 fully saturated rings. The molecule has 1 atom stereocenters. The van der Waals surface area contributed by atoms with Crippen LogP contribution >= 0.6 is 0 Å². The zero-order valence-electron chi connectivity index (χ0n) is 28.7. The summed E-state index contributed by atoms with van der Waals surface area (Å²) >= 11 is 0. The Labute approximate surface area is 284 Å². The normalized spacial score (nSPS) is 19.1. The van der Waals surface area contributed by atoms with Gasteiger partial charge < -0.3 is 19.4 Å². The Balaban J connectivity index is 1.26. The highest BCUT2D eigenvalue weighted by Gasteiger charge is 2.33. The van der Waals surface area contributed by atoms with Crippen LogP contribution in [-0.2, 0) is 9.59 Å². The van der Waals surface area contributed by atoms with Gasteiger partial charge >= 0.3 is 0 Å². The minimum Gasteiger partial charge on any atom is -0.456 e. The van der Waals surface area contributed by atoms with E-state index in [0.29, 0.717) is 25.2 Å². The van der Waals surface area contributed by atoms with Crippen molar-refractivity contribution in [1.29, 1.82) is 0 Å². The SMILES string of the molecule is CCN(CC)c1ccc2c(c1)OC1=CC(N(CC)CC)C=CC1=C2c1ccccc1C(=O)N1CC[NH+](CCCN2C(=O)C=CC2=O)CC1. The van der Waals surface area contributed by atoms with Crippen LogP contribution in [0, 0.1) is 0 Å². The number of nitrogens with zero attached hydrogens (tertiary/aromatic N) is 4. The fourth-order valence-corrected chi connectivity index (χ4v) is 7.36. The summed E-state index contributed by atoms with van der Waals surface area (Å²) < 4.78 is 6.70. The van der Waals surface area contributed by atoms with E-state index >= 15 is 0 Å². The van der Waals surface area contributed by atoms with E-state index in [9.17, 15) is 14.4 Å². The van der Waals surface area contributed by atoms with Crippen molar-refractivity contribution in [1.82, 2.24) is 14.7 Å². The summed E-state index contributed by atoms with van der Waals surface area (Å²) in [5.41, 5.74) is 5.74. The maximum absolute atomic E-state index is 14.3. The molecule has 0 spiro atoms. The molecule has 0 aromatic heterocycles. The summed E-state index contributed by atoms with van der Waals surface area (Å²) in [5.74, 6) is 1.22. The molecule has 0 radical (unpaired) electrons. The van der Waals surface area contributed by atoms with Gasteiger partial charge in [-0.1, -0.05) is 44.2 Å². The summed E-state index contributed by atoms with van der Waals surface area (Å²) in [6.45, 7) is 16.6. The Bertz CT molecular complexity index is 1660. The predicted octanol–water partition coefficient (Wildman–Crippen LogP) is 3.55. The molecule has 3 aliphatic heterocycles. The Morgan fingerprint density at radius 1 is 0.896 bits per heavy atom. The number of ether oxygens (including phenoxy) is 1. The minimum atomic E-state index is -0.230. The molecule has 0 bridgehead atoms. The molecular weight excluding hydrogens is 602 g/mol. The van der Waals surface area contributed by atoms with E-state index in [1.54, 1.807) is 0 Å². The second kappa shape index (κ2) is 14.7. The number of fused-ring (bicyclic) bond motifs is 2. The van der Waals surface area contributed by atoms with Gasteiger partial charge in [0, 0.05) is 72.2 Å².